The minimum absolute atomic E-state index is 0.0550. The first-order valence-corrected chi connectivity index (χ1v) is 13.1. The highest BCUT2D eigenvalue weighted by atomic mass is 79.9. The predicted octanol–water partition coefficient (Wildman–Crippen LogP) is 4.91. The topological polar surface area (TPSA) is 124 Å². The van der Waals surface area contributed by atoms with Gasteiger partial charge in [-0.1, -0.05) is 40.2 Å². The summed E-state index contributed by atoms with van der Waals surface area (Å²) in [7, 11) is -5.69. The van der Waals surface area contributed by atoms with Crippen molar-refractivity contribution in [3.63, 3.8) is 0 Å². The van der Waals surface area contributed by atoms with Crippen LogP contribution >= 0.6 is 46.6 Å². The number of nitrogens with one attached hydrogen (secondary N) is 1. The average Bonchev–Trinajstić information content (AvgIpc) is 3.06. The van der Waals surface area contributed by atoms with Crippen molar-refractivity contribution >= 4 is 52.6 Å². The Balaban J connectivity index is 1.88. The van der Waals surface area contributed by atoms with E-state index in [1.54, 1.807) is 22.1 Å². The van der Waals surface area contributed by atoms with E-state index in [1.807, 2.05) is 12.1 Å². The number of carboxylic acid groups (broad SMARTS) is 1. The molecule has 0 atom stereocenters. The predicted molar refractivity (Wildman–Crippen MR) is 121 cm³/mol. The van der Waals surface area contributed by atoms with Crippen LogP contribution in [0.25, 0.3) is 11.3 Å². The van der Waals surface area contributed by atoms with Gasteiger partial charge in [-0.2, -0.15) is 8.78 Å². The lowest BCUT2D eigenvalue weighted by Crippen LogP contribution is -2.17. The molecule has 0 saturated heterocycles. The second-order valence-corrected chi connectivity index (χ2v) is 11.0. The van der Waals surface area contributed by atoms with Crippen molar-refractivity contribution in [2.45, 2.75) is 17.1 Å². The number of thioether (sulfide) groups is 1. The molecule has 170 valence electrons. The molecule has 0 unspecified atom stereocenters. The van der Waals surface area contributed by atoms with Crippen LogP contribution in [0.1, 0.15) is 11.1 Å². The van der Waals surface area contributed by atoms with Crippen LogP contribution in [-0.2, 0) is 21.6 Å². The Hall–Kier alpha value is -1.82. The van der Waals surface area contributed by atoms with Crippen LogP contribution < -0.4 is 4.80 Å². The molecule has 13 heteroatoms. The van der Waals surface area contributed by atoms with E-state index in [-0.39, 0.29) is 21.6 Å². The first-order chi connectivity index (χ1) is 14.9. The van der Waals surface area contributed by atoms with Crippen molar-refractivity contribution in [1.29, 1.82) is 5.41 Å². The number of nitrogens with zero attached hydrogens (tertiary/aromatic N) is 1. The number of carbonyl (C=O) groups is 1. The SMILES string of the molecule is N=c1scc(-c2ccc(SCC(=O)O)cc2)n1Cc1ccc(C(F)(F)P(=O)(O)O)c(Br)c1. The van der Waals surface area contributed by atoms with Crippen molar-refractivity contribution in [3.8, 4) is 11.3 Å². The average molecular weight is 565 g/mol. The second kappa shape index (κ2) is 9.58. The summed E-state index contributed by atoms with van der Waals surface area (Å²) in [5.41, 5.74) is -3.08. The maximum absolute atomic E-state index is 14.1. The van der Waals surface area contributed by atoms with Gasteiger partial charge in [-0.25, -0.2) is 0 Å². The second-order valence-electron chi connectivity index (χ2n) is 6.62. The van der Waals surface area contributed by atoms with Gasteiger partial charge in [-0.3, -0.25) is 14.8 Å². The van der Waals surface area contributed by atoms with Crippen LogP contribution in [0.3, 0.4) is 0 Å². The zero-order valence-corrected chi connectivity index (χ0v) is 20.1. The van der Waals surface area contributed by atoms with Crippen LogP contribution in [0.4, 0.5) is 8.78 Å². The minimum Gasteiger partial charge on any atom is -0.481 e. The van der Waals surface area contributed by atoms with Gasteiger partial charge in [0.25, 0.3) is 0 Å². The largest absolute Gasteiger partial charge is 0.481 e. The van der Waals surface area contributed by atoms with Gasteiger partial charge in [0.05, 0.1) is 18.0 Å². The molecule has 1 heterocycles. The molecule has 3 aromatic rings. The number of hydrogen-bond donors (Lipinski definition) is 4. The van der Waals surface area contributed by atoms with Gasteiger partial charge < -0.3 is 19.5 Å². The molecule has 2 aromatic carbocycles. The van der Waals surface area contributed by atoms with E-state index in [0.717, 1.165) is 22.2 Å². The van der Waals surface area contributed by atoms with E-state index in [0.29, 0.717) is 5.56 Å². The highest BCUT2D eigenvalue weighted by Crippen LogP contribution is 2.60. The Kier molecular flexibility index (Phi) is 7.43. The van der Waals surface area contributed by atoms with Crippen LogP contribution in [0.2, 0.25) is 0 Å². The van der Waals surface area contributed by atoms with Gasteiger partial charge >= 0.3 is 19.2 Å². The van der Waals surface area contributed by atoms with Crippen LogP contribution in [0.5, 0.6) is 0 Å². The molecule has 0 aliphatic heterocycles. The van der Waals surface area contributed by atoms with Gasteiger partial charge in [0, 0.05) is 20.3 Å². The third kappa shape index (κ3) is 5.38. The Bertz CT molecular complexity index is 1260. The molecule has 1 aromatic heterocycles. The van der Waals surface area contributed by atoms with Crippen molar-refractivity contribution < 1.29 is 33.0 Å². The van der Waals surface area contributed by atoms with Crippen molar-refractivity contribution in [1.82, 2.24) is 4.57 Å². The van der Waals surface area contributed by atoms with Crippen LogP contribution in [-0.4, -0.2) is 31.2 Å². The third-order valence-corrected chi connectivity index (χ3v) is 7.80. The van der Waals surface area contributed by atoms with E-state index in [4.69, 9.17) is 20.3 Å². The first kappa shape index (κ1) is 24.8. The lowest BCUT2D eigenvalue weighted by Gasteiger charge is -2.20. The Labute approximate surface area is 197 Å². The summed E-state index contributed by atoms with van der Waals surface area (Å²) in [4.78, 5) is 29.6. The zero-order chi connectivity index (χ0) is 23.7. The number of rotatable bonds is 8. The number of benzene rings is 2. The van der Waals surface area contributed by atoms with E-state index in [9.17, 15) is 18.1 Å². The van der Waals surface area contributed by atoms with Gasteiger partial charge in [-0.05, 0) is 29.3 Å². The molecular formula is C19H16BrF2N2O5PS2. The van der Waals surface area contributed by atoms with E-state index in [1.165, 1.54) is 35.2 Å². The summed E-state index contributed by atoms with van der Waals surface area (Å²) < 4.78 is 40.8. The molecule has 0 aliphatic carbocycles. The van der Waals surface area contributed by atoms with Crippen molar-refractivity contribution in [2.24, 2.45) is 0 Å². The fraction of sp³-hybridized carbons (Fsp3) is 0.158. The highest BCUT2D eigenvalue weighted by molar-refractivity contribution is 9.10. The molecule has 0 aliphatic rings. The number of carboxylic acids is 1. The number of alkyl halides is 2. The standard InChI is InChI=1S/C19H16BrF2N2O5PS2/c20-15-7-11(1-6-14(15)19(21,22)30(27,28)29)8-24-16(9-32-18(24)23)12-2-4-13(5-3-12)31-10-17(25)26/h1-7,9,23H,8,10H2,(H,25,26)(H2,27,28,29). The van der Waals surface area contributed by atoms with E-state index < -0.39 is 24.8 Å². The smallest absolute Gasteiger partial charge is 0.399 e. The number of halogens is 3. The molecular weight excluding hydrogens is 549 g/mol. The summed E-state index contributed by atoms with van der Waals surface area (Å²) >= 11 is 5.35. The normalized spacial score (nSPS) is 12.2. The molecule has 3 rings (SSSR count). The maximum atomic E-state index is 14.1. The fourth-order valence-electron chi connectivity index (χ4n) is 2.84. The van der Waals surface area contributed by atoms with Crippen molar-refractivity contribution in [3.05, 3.63) is 68.2 Å². The lowest BCUT2D eigenvalue weighted by atomic mass is 10.1. The molecule has 32 heavy (non-hydrogen) atoms. The zero-order valence-electron chi connectivity index (χ0n) is 16.0. The fourth-order valence-corrected chi connectivity index (χ4v) is 5.57. The lowest BCUT2D eigenvalue weighted by molar-refractivity contribution is -0.133. The van der Waals surface area contributed by atoms with Crippen LogP contribution in [0, 0.1) is 5.41 Å². The molecule has 0 bridgehead atoms. The van der Waals surface area contributed by atoms with Gasteiger partial charge in [0.15, 0.2) is 4.80 Å². The number of hydrogen-bond acceptors (Lipinski definition) is 5. The summed E-state index contributed by atoms with van der Waals surface area (Å²) in [6.07, 6.45) is 0. The van der Waals surface area contributed by atoms with E-state index >= 15 is 0 Å². The molecule has 7 nitrogen and oxygen atoms in total. The number of thiazole rings is 1. The minimum atomic E-state index is -5.69. The summed E-state index contributed by atoms with van der Waals surface area (Å²) in [5.74, 6) is -0.968. The molecule has 0 amide bonds. The molecule has 0 spiro atoms. The van der Waals surface area contributed by atoms with Gasteiger partial charge in [-0.15, -0.1) is 23.1 Å². The Morgan fingerprint density at radius 2 is 1.88 bits per heavy atom. The number of aromatic nitrogens is 1. The molecule has 0 saturated carbocycles. The quantitative estimate of drug-likeness (QED) is 0.227. The van der Waals surface area contributed by atoms with Gasteiger partial charge in [0.1, 0.15) is 0 Å². The van der Waals surface area contributed by atoms with Crippen LogP contribution in [0.15, 0.2) is 57.2 Å². The molecule has 0 radical (unpaired) electrons. The highest BCUT2D eigenvalue weighted by Gasteiger charge is 2.51. The Morgan fingerprint density at radius 1 is 1.22 bits per heavy atom. The summed E-state index contributed by atoms with van der Waals surface area (Å²) in [6.45, 7) is 0.174. The number of aliphatic carboxylic acids is 1. The Morgan fingerprint density at radius 3 is 2.44 bits per heavy atom. The van der Waals surface area contributed by atoms with Gasteiger partial charge in [0.2, 0.25) is 0 Å². The van der Waals surface area contributed by atoms with Crippen molar-refractivity contribution in [2.75, 3.05) is 5.75 Å². The van der Waals surface area contributed by atoms with E-state index in [2.05, 4.69) is 15.9 Å². The molecule has 0 fully saturated rings. The first-order valence-electron chi connectivity index (χ1n) is 8.80. The molecule has 4 N–H and O–H groups in total. The monoisotopic (exact) mass is 564 g/mol. The summed E-state index contributed by atoms with van der Waals surface area (Å²) in [6, 6.07) is 10.8. The third-order valence-electron chi connectivity index (χ3n) is 4.39. The summed E-state index contributed by atoms with van der Waals surface area (Å²) in [5, 5.41) is 18.8. The maximum Gasteiger partial charge on any atom is 0.399 e.